The lowest BCUT2D eigenvalue weighted by Gasteiger charge is -2.31. The molecule has 80 valence electrons. The number of carbonyl (C=O) groups is 1. The van der Waals surface area contributed by atoms with Crippen LogP contribution < -0.4 is 5.32 Å². The monoisotopic (exact) mass is 224 g/mol. The SMILES string of the molecule is CN1CC(c2ccccc2Cl)NCC1=O. The van der Waals surface area contributed by atoms with E-state index >= 15 is 0 Å². The van der Waals surface area contributed by atoms with Gasteiger partial charge in [-0.1, -0.05) is 29.8 Å². The Morgan fingerprint density at radius 1 is 1.47 bits per heavy atom. The topological polar surface area (TPSA) is 32.3 Å². The van der Waals surface area contributed by atoms with Crippen LogP contribution in [0.3, 0.4) is 0 Å². The Bertz CT molecular complexity index is 381. The summed E-state index contributed by atoms with van der Waals surface area (Å²) in [4.78, 5) is 13.0. The molecule has 1 aromatic rings. The van der Waals surface area contributed by atoms with Crippen LogP contribution >= 0.6 is 11.6 Å². The van der Waals surface area contributed by atoms with Gasteiger partial charge in [0.05, 0.1) is 12.6 Å². The van der Waals surface area contributed by atoms with Gasteiger partial charge >= 0.3 is 0 Å². The van der Waals surface area contributed by atoms with Gasteiger partial charge in [0.1, 0.15) is 0 Å². The summed E-state index contributed by atoms with van der Waals surface area (Å²) in [7, 11) is 1.81. The van der Waals surface area contributed by atoms with Crippen molar-refractivity contribution in [2.24, 2.45) is 0 Å². The van der Waals surface area contributed by atoms with Crippen LogP contribution in [-0.4, -0.2) is 30.9 Å². The number of hydrogen-bond donors (Lipinski definition) is 1. The molecule has 1 amide bonds. The summed E-state index contributed by atoms with van der Waals surface area (Å²) >= 11 is 6.10. The molecule has 1 aliphatic rings. The average Bonchev–Trinajstić information content (AvgIpc) is 2.23. The molecule has 3 nitrogen and oxygen atoms in total. The first kappa shape index (κ1) is 10.5. The van der Waals surface area contributed by atoms with Gasteiger partial charge in [-0.3, -0.25) is 10.1 Å². The van der Waals surface area contributed by atoms with Crippen molar-refractivity contribution in [2.45, 2.75) is 6.04 Å². The number of piperazine rings is 1. The van der Waals surface area contributed by atoms with E-state index in [2.05, 4.69) is 5.32 Å². The predicted molar refractivity (Wildman–Crippen MR) is 59.8 cm³/mol. The van der Waals surface area contributed by atoms with Crippen molar-refractivity contribution >= 4 is 17.5 Å². The highest BCUT2D eigenvalue weighted by Gasteiger charge is 2.24. The molecule has 0 spiro atoms. The Hall–Kier alpha value is -1.06. The highest BCUT2D eigenvalue weighted by atomic mass is 35.5. The zero-order valence-electron chi connectivity index (χ0n) is 8.53. The van der Waals surface area contributed by atoms with Crippen molar-refractivity contribution in [1.29, 1.82) is 0 Å². The van der Waals surface area contributed by atoms with Gasteiger partial charge in [-0.15, -0.1) is 0 Å². The van der Waals surface area contributed by atoms with Crippen LogP contribution in [0.15, 0.2) is 24.3 Å². The Labute approximate surface area is 94.0 Å². The molecule has 1 atom stereocenters. The third-order valence-corrected chi connectivity index (χ3v) is 3.01. The normalized spacial score (nSPS) is 21.9. The second kappa shape index (κ2) is 4.21. The maximum Gasteiger partial charge on any atom is 0.236 e. The quantitative estimate of drug-likeness (QED) is 0.783. The van der Waals surface area contributed by atoms with E-state index in [1.807, 2.05) is 31.3 Å². The van der Waals surface area contributed by atoms with E-state index in [9.17, 15) is 4.79 Å². The van der Waals surface area contributed by atoms with Crippen LogP contribution in [0.2, 0.25) is 5.02 Å². The summed E-state index contributed by atoms with van der Waals surface area (Å²) in [6.07, 6.45) is 0. The van der Waals surface area contributed by atoms with E-state index in [1.165, 1.54) is 0 Å². The summed E-state index contributed by atoms with van der Waals surface area (Å²) in [5, 5.41) is 3.93. The lowest BCUT2D eigenvalue weighted by molar-refractivity contribution is -0.131. The van der Waals surface area contributed by atoms with E-state index < -0.39 is 0 Å². The molecule has 1 heterocycles. The number of hydrogen-bond acceptors (Lipinski definition) is 2. The van der Waals surface area contributed by atoms with Gasteiger partial charge in [-0.2, -0.15) is 0 Å². The standard InChI is InChI=1S/C11H13ClN2O/c1-14-7-10(13-6-11(14)15)8-4-2-3-5-9(8)12/h2-5,10,13H,6-7H2,1H3. The molecule has 1 fully saturated rings. The molecule has 15 heavy (non-hydrogen) atoms. The molecule has 0 radical (unpaired) electrons. The van der Waals surface area contributed by atoms with Crippen molar-refractivity contribution in [3.63, 3.8) is 0 Å². The fourth-order valence-corrected chi connectivity index (χ4v) is 2.02. The van der Waals surface area contributed by atoms with Crippen LogP contribution in [0.1, 0.15) is 11.6 Å². The molecular formula is C11H13ClN2O. The number of nitrogens with zero attached hydrogens (tertiary/aromatic N) is 1. The summed E-state index contributed by atoms with van der Waals surface area (Å²) in [5.41, 5.74) is 1.05. The van der Waals surface area contributed by atoms with Gasteiger partial charge in [-0.05, 0) is 11.6 Å². The Morgan fingerprint density at radius 3 is 2.87 bits per heavy atom. The first-order chi connectivity index (χ1) is 7.18. The molecule has 0 aliphatic carbocycles. The lowest BCUT2D eigenvalue weighted by Crippen LogP contribution is -2.47. The van der Waals surface area contributed by atoms with Crippen LogP contribution in [0.5, 0.6) is 0 Å². The van der Waals surface area contributed by atoms with E-state index in [0.29, 0.717) is 13.1 Å². The van der Waals surface area contributed by atoms with Crippen molar-refractivity contribution in [3.05, 3.63) is 34.9 Å². The van der Waals surface area contributed by atoms with E-state index in [-0.39, 0.29) is 11.9 Å². The number of carbonyl (C=O) groups excluding carboxylic acids is 1. The maximum atomic E-state index is 11.3. The number of halogens is 1. The summed E-state index contributed by atoms with van der Waals surface area (Å²) in [5.74, 6) is 0.123. The molecule has 1 unspecified atom stereocenters. The van der Waals surface area contributed by atoms with Gasteiger partial charge in [0.25, 0.3) is 0 Å². The first-order valence-corrected chi connectivity index (χ1v) is 5.28. The van der Waals surface area contributed by atoms with Gasteiger partial charge < -0.3 is 4.90 Å². The Kier molecular flexibility index (Phi) is 2.93. The average molecular weight is 225 g/mol. The summed E-state index contributed by atoms with van der Waals surface area (Å²) in [6.45, 7) is 1.05. The number of likely N-dealkylation sites (N-methyl/N-ethyl adjacent to an activating group) is 1. The highest BCUT2D eigenvalue weighted by molar-refractivity contribution is 6.31. The van der Waals surface area contributed by atoms with Gasteiger partial charge in [0.2, 0.25) is 5.91 Å². The van der Waals surface area contributed by atoms with Crippen LogP contribution in [0.25, 0.3) is 0 Å². The van der Waals surface area contributed by atoms with Crippen molar-refractivity contribution < 1.29 is 4.79 Å². The van der Waals surface area contributed by atoms with Gasteiger partial charge in [0, 0.05) is 18.6 Å². The van der Waals surface area contributed by atoms with E-state index in [4.69, 9.17) is 11.6 Å². The second-order valence-corrected chi connectivity index (χ2v) is 4.14. The zero-order chi connectivity index (χ0) is 10.8. The number of nitrogens with one attached hydrogen (secondary N) is 1. The maximum absolute atomic E-state index is 11.3. The minimum Gasteiger partial charge on any atom is -0.343 e. The van der Waals surface area contributed by atoms with E-state index in [1.54, 1.807) is 4.90 Å². The van der Waals surface area contributed by atoms with Crippen LogP contribution in [0.4, 0.5) is 0 Å². The molecule has 1 aliphatic heterocycles. The lowest BCUT2D eigenvalue weighted by atomic mass is 10.0. The minimum absolute atomic E-state index is 0.123. The number of rotatable bonds is 1. The Morgan fingerprint density at radius 2 is 2.20 bits per heavy atom. The van der Waals surface area contributed by atoms with Crippen LogP contribution in [0, 0.1) is 0 Å². The van der Waals surface area contributed by atoms with Gasteiger partial charge in [-0.25, -0.2) is 0 Å². The third-order valence-electron chi connectivity index (χ3n) is 2.66. The Balaban J connectivity index is 2.19. The number of benzene rings is 1. The molecule has 1 N–H and O–H groups in total. The van der Waals surface area contributed by atoms with E-state index in [0.717, 1.165) is 10.6 Å². The van der Waals surface area contributed by atoms with Crippen molar-refractivity contribution in [3.8, 4) is 0 Å². The van der Waals surface area contributed by atoms with Crippen molar-refractivity contribution in [1.82, 2.24) is 10.2 Å². The highest BCUT2D eigenvalue weighted by Crippen LogP contribution is 2.24. The summed E-state index contributed by atoms with van der Waals surface area (Å²) < 4.78 is 0. The molecule has 0 saturated carbocycles. The summed E-state index contributed by atoms with van der Waals surface area (Å²) in [6, 6.07) is 7.86. The minimum atomic E-state index is 0.123. The van der Waals surface area contributed by atoms with Crippen LogP contribution in [-0.2, 0) is 4.79 Å². The molecule has 2 rings (SSSR count). The largest absolute Gasteiger partial charge is 0.343 e. The zero-order valence-corrected chi connectivity index (χ0v) is 9.29. The van der Waals surface area contributed by atoms with Crippen molar-refractivity contribution in [2.75, 3.05) is 20.1 Å². The first-order valence-electron chi connectivity index (χ1n) is 4.90. The molecular weight excluding hydrogens is 212 g/mol. The molecule has 0 bridgehead atoms. The third kappa shape index (κ3) is 2.13. The van der Waals surface area contributed by atoms with Gasteiger partial charge in [0.15, 0.2) is 0 Å². The molecule has 4 heteroatoms. The molecule has 0 aromatic heterocycles. The second-order valence-electron chi connectivity index (χ2n) is 3.73. The molecule has 1 saturated heterocycles. The fraction of sp³-hybridized carbons (Fsp3) is 0.364. The molecule has 1 aromatic carbocycles. The fourth-order valence-electron chi connectivity index (χ4n) is 1.75. The predicted octanol–water partition coefficient (Wildman–Crippen LogP) is 1.44. The smallest absolute Gasteiger partial charge is 0.236 e. The number of amides is 1.